The summed E-state index contributed by atoms with van der Waals surface area (Å²) >= 11 is 5.09. The molecule has 0 aliphatic carbocycles. The molecule has 0 unspecified atom stereocenters. The van der Waals surface area contributed by atoms with Crippen LogP contribution >= 0.6 is 12.2 Å². The molecule has 7 heteroatoms. The number of hydrogen-bond donors (Lipinski definition) is 1. The normalized spacial score (nSPS) is 11.2. The standard InChI is InChI=1S/C9H20N2O3S2/c1-11(6-8-16(3,12)13)9(15)10-5-4-7-14-2/h4-8H2,1-3H3,(H,10,15). The molecule has 0 radical (unpaired) electrons. The number of sulfone groups is 1. The summed E-state index contributed by atoms with van der Waals surface area (Å²) in [5, 5.41) is 3.61. The van der Waals surface area contributed by atoms with E-state index in [0.29, 0.717) is 18.3 Å². The highest BCUT2D eigenvalue weighted by Gasteiger charge is 2.07. The fraction of sp³-hybridized carbons (Fsp3) is 0.889. The van der Waals surface area contributed by atoms with Crippen LogP contribution in [0.15, 0.2) is 0 Å². The van der Waals surface area contributed by atoms with Crippen LogP contribution in [0.5, 0.6) is 0 Å². The van der Waals surface area contributed by atoms with Crippen molar-refractivity contribution >= 4 is 27.2 Å². The molecule has 96 valence electrons. The Morgan fingerprint density at radius 3 is 2.62 bits per heavy atom. The van der Waals surface area contributed by atoms with E-state index in [0.717, 1.165) is 13.0 Å². The highest BCUT2D eigenvalue weighted by molar-refractivity contribution is 7.90. The first-order valence-corrected chi connectivity index (χ1v) is 7.49. The van der Waals surface area contributed by atoms with Gasteiger partial charge in [0.15, 0.2) is 5.11 Å². The Kier molecular flexibility index (Phi) is 7.61. The van der Waals surface area contributed by atoms with E-state index in [1.165, 1.54) is 6.26 Å². The van der Waals surface area contributed by atoms with Crippen molar-refractivity contribution < 1.29 is 13.2 Å². The lowest BCUT2D eigenvalue weighted by molar-refractivity contribution is 0.195. The second kappa shape index (κ2) is 7.81. The summed E-state index contributed by atoms with van der Waals surface area (Å²) < 4.78 is 26.8. The lowest BCUT2D eigenvalue weighted by Crippen LogP contribution is -2.39. The number of nitrogens with zero attached hydrogens (tertiary/aromatic N) is 1. The van der Waals surface area contributed by atoms with E-state index in [1.807, 2.05) is 0 Å². The van der Waals surface area contributed by atoms with Gasteiger partial charge in [0, 0.05) is 40.1 Å². The maximum Gasteiger partial charge on any atom is 0.168 e. The Morgan fingerprint density at radius 2 is 2.12 bits per heavy atom. The minimum absolute atomic E-state index is 0.114. The van der Waals surface area contributed by atoms with E-state index in [2.05, 4.69) is 5.32 Å². The van der Waals surface area contributed by atoms with Gasteiger partial charge in [-0.1, -0.05) is 0 Å². The fourth-order valence-corrected chi connectivity index (χ4v) is 1.75. The van der Waals surface area contributed by atoms with Gasteiger partial charge in [-0.3, -0.25) is 0 Å². The van der Waals surface area contributed by atoms with Crippen LogP contribution in [0, 0.1) is 0 Å². The molecule has 5 nitrogen and oxygen atoms in total. The molecule has 16 heavy (non-hydrogen) atoms. The molecule has 0 aromatic heterocycles. The Balaban J connectivity index is 3.74. The molecule has 0 atom stereocenters. The summed E-state index contributed by atoms with van der Waals surface area (Å²) in [5.41, 5.74) is 0. The zero-order chi connectivity index (χ0) is 12.6. The third-order valence-electron chi connectivity index (χ3n) is 1.95. The number of methoxy groups -OCH3 is 1. The van der Waals surface area contributed by atoms with Gasteiger partial charge in [-0.15, -0.1) is 0 Å². The molecular weight excluding hydrogens is 248 g/mol. The van der Waals surface area contributed by atoms with E-state index in [1.54, 1.807) is 19.1 Å². The number of rotatable bonds is 7. The molecule has 0 fully saturated rings. The van der Waals surface area contributed by atoms with Crippen LogP contribution in [0.2, 0.25) is 0 Å². The third kappa shape index (κ3) is 8.87. The first kappa shape index (κ1) is 15.6. The van der Waals surface area contributed by atoms with Gasteiger partial charge in [-0.05, 0) is 18.6 Å². The molecule has 0 amide bonds. The molecule has 0 aromatic carbocycles. The van der Waals surface area contributed by atoms with Gasteiger partial charge >= 0.3 is 0 Å². The van der Waals surface area contributed by atoms with Crippen molar-refractivity contribution in [3.05, 3.63) is 0 Å². The average molecular weight is 268 g/mol. The Morgan fingerprint density at radius 1 is 1.50 bits per heavy atom. The predicted molar refractivity (Wildman–Crippen MR) is 69.4 cm³/mol. The molecule has 0 aromatic rings. The largest absolute Gasteiger partial charge is 0.385 e. The second-order valence-corrected chi connectivity index (χ2v) is 6.28. The predicted octanol–water partition coefficient (Wildman–Crippen LogP) is -0.126. The van der Waals surface area contributed by atoms with E-state index >= 15 is 0 Å². The van der Waals surface area contributed by atoms with Gasteiger partial charge in [0.2, 0.25) is 0 Å². The number of ether oxygens (including phenoxy) is 1. The van der Waals surface area contributed by atoms with Crippen molar-refractivity contribution in [1.29, 1.82) is 0 Å². The molecule has 1 N–H and O–H groups in total. The summed E-state index contributed by atoms with van der Waals surface area (Å²) in [7, 11) is 0.493. The molecule has 0 aliphatic rings. The summed E-state index contributed by atoms with van der Waals surface area (Å²) in [6, 6.07) is 0. The Labute approximate surface area is 103 Å². The van der Waals surface area contributed by atoms with Gasteiger partial charge in [0.1, 0.15) is 9.84 Å². The van der Waals surface area contributed by atoms with Gasteiger partial charge in [-0.25, -0.2) is 8.42 Å². The van der Waals surface area contributed by atoms with Gasteiger partial charge in [0.05, 0.1) is 5.75 Å². The highest BCUT2D eigenvalue weighted by Crippen LogP contribution is 1.90. The topological polar surface area (TPSA) is 58.6 Å². The molecule has 0 heterocycles. The lowest BCUT2D eigenvalue weighted by Gasteiger charge is -2.20. The highest BCUT2D eigenvalue weighted by atomic mass is 32.2. The van der Waals surface area contributed by atoms with Crippen LogP contribution < -0.4 is 5.32 Å². The third-order valence-corrected chi connectivity index (χ3v) is 3.33. The average Bonchev–Trinajstić information content (AvgIpc) is 2.19. The molecule has 0 aliphatic heterocycles. The first-order chi connectivity index (χ1) is 7.37. The minimum Gasteiger partial charge on any atom is -0.385 e. The van der Waals surface area contributed by atoms with Crippen molar-refractivity contribution in [2.45, 2.75) is 6.42 Å². The Hall–Kier alpha value is -0.400. The smallest absolute Gasteiger partial charge is 0.168 e. The zero-order valence-electron chi connectivity index (χ0n) is 10.0. The van der Waals surface area contributed by atoms with Crippen LogP contribution in [-0.4, -0.2) is 64.3 Å². The summed E-state index contributed by atoms with van der Waals surface area (Å²) in [6.45, 7) is 1.83. The molecule has 0 saturated carbocycles. The van der Waals surface area contributed by atoms with Crippen LogP contribution in [0.4, 0.5) is 0 Å². The SMILES string of the molecule is COCCCNC(=S)N(C)CCS(C)(=O)=O. The zero-order valence-corrected chi connectivity index (χ0v) is 11.7. The first-order valence-electron chi connectivity index (χ1n) is 5.02. The van der Waals surface area contributed by atoms with Gasteiger partial charge in [0.25, 0.3) is 0 Å². The van der Waals surface area contributed by atoms with Gasteiger partial charge in [-0.2, -0.15) is 0 Å². The quantitative estimate of drug-likeness (QED) is 0.513. The summed E-state index contributed by atoms with van der Waals surface area (Å²) in [4.78, 5) is 1.73. The van der Waals surface area contributed by atoms with Crippen molar-refractivity contribution in [2.24, 2.45) is 0 Å². The molecule has 0 saturated heterocycles. The van der Waals surface area contributed by atoms with Crippen LogP contribution in [-0.2, 0) is 14.6 Å². The molecule has 0 spiro atoms. The molecule has 0 rings (SSSR count). The summed E-state index contributed by atoms with van der Waals surface area (Å²) in [6.07, 6.45) is 2.09. The van der Waals surface area contributed by atoms with E-state index in [9.17, 15) is 8.42 Å². The lowest BCUT2D eigenvalue weighted by atomic mass is 10.4. The number of hydrogen-bond acceptors (Lipinski definition) is 4. The van der Waals surface area contributed by atoms with Crippen molar-refractivity contribution in [3.8, 4) is 0 Å². The van der Waals surface area contributed by atoms with Crippen LogP contribution in [0.3, 0.4) is 0 Å². The molecular formula is C9H20N2O3S2. The van der Waals surface area contributed by atoms with E-state index in [-0.39, 0.29) is 5.75 Å². The van der Waals surface area contributed by atoms with E-state index < -0.39 is 9.84 Å². The Bertz CT molecular complexity index is 304. The second-order valence-electron chi connectivity index (χ2n) is 3.63. The summed E-state index contributed by atoms with van der Waals surface area (Å²) in [5.74, 6) is 0.114. The molecule has 0 bridgehead atoms. The van der Waals surface area contributed by atoms with E-state index in [4.69, 9.17) is 17.0 Å². The maximum atomic E-state index is 11.0. The van der Waals surface area contributed by atoms with Crippen molar-refractivity contribution in [3.63, 3.8) is 0 Å². The monoisotopic (exact) mass is 268 g/mol. The number of nitrogens with one attached hydrogen (secondary N) is 1. The van der Waals surface area contributed by atoms with Crippen LogP contribution in [0.25, 0.3) is 0 Å². The minimum atomic E-state index is -2.93. The number of thiocarbonyl (C=S) groups is 1. The van der Waals surface area contributed by atoms with Crippen LogP contribution in [0.1, 0.15) is 6.42 Å². The fourth-order valence-electron chi connectivity index (χ4n) is 0.951. The van der Waals surface area contributed by atoms with Gasteiger partial charge < -0.3 is 15.0 Å². The van der Waals surface area contributed by atoms with Crippen molar-refractivity contribution in [2.75, 3.05) is 45.9 Å². The maximum absolute atomic E-state index is 11.0. The van der Waals surface area contributed by atoms with Crippen molar-refractivity contribution in [1.82, 2.24) is 10.2 Å².